The number of nitrogens with two attached hydrogens (primary N) is 1. The molecule has 1 aromatic rings. The van der Waals surface area contributed by atoms with Gasteiger partial charge in [-0.3, -0.25) is 0 Å². The van der Waals surface area contributed by atoms with E-state index in [0.29, 0.717) is 18.3 Å². The fourth-order valence-corrected chi connectivity index (χ4v) is 1.99. The summed E-state index contributed by atoms with van der Waals surface area (Å²) in [4.78, 5) is 0. The van der Waals surface area contributed by atoms with E-state index in [1.54, 1.807) is 12.1 Å². The van der Waals surface area contributed by atoms with Gasteiger partial charge in [-0.15, -0.1) is 0 Å². The van der Waals surface area contributed by atoms with Crippen LogP contribution < -0.4 is 10.5 Å². The summed E-state index contributed by atoms with van der Waals surface area (Å²) in [5, 5.41) is 0. The molecule has 2 N–H and O–H groups in total. The molecule has 1 aliphatic carbocycles. The first-order chi connectivity index (χ1) is 7.25. The first kappa shape index (κ1) is 10.3. The molecule has 2 rings (SSSR count). The van der Waals surface area contributed by atoms with Crippen LogP contribution in [-0.4, -0.2) is 6.61 Å². The smallest absolute Gasteiger partial charge is 0.149 e. The van der Waals surface area contributed by atoms with Gasteiger partial charge in [-0.25, -0.2) is 4.39 Å². The zero-order chi connectivity index (χ0) is 10.7. The highest BCUT2D eigenvalue weighted by molar-refractivity contribution is 5.43. The molecule has 0 aromatic heterocycles. The van der Waals surface area contributed by atoms with E-state index in [4.69, 9.17) is 10.5 Å². The fraction of sp³-hybridized carbons (Fsp3) is 0.500. The number of benzene rings is 1. The van der Waals surface area contributed by atoms with Gasteiger partial charge in [0.25, 0.3) is 0 Å². The number of hydrogen-bond donors (Lipinski definition) is 1. The van der Waals surface area contributed by atoms with Crippen LogP contribution in [0, 0.1) is 11.7 Å². The number of rotatable bonds is 3. The van der Waals surface area contributed by atoms with Crippen LogP contribution in [-0.2, 0) is 0 Å². The molecule has 1 aliphatic rings. The summed E-state index contributed by atoms with van der Waals surface area (Å²) in [6.07, 6.45) is 5.06. The van der Waals surface area contributed by atoms with E-state index in [2.05, 4.69) is 0 Å². The van der Waals surface area contributed by atoms with Crippen LogP contribution in [0.5, 0.6) is 5.75 Å². The van der Waals surface area contributed by atoms with Gasteiger partial charge in [0, 0.05) is 6.07 Å². The molecule has 2 nitrogen and oxygen atoms in total. The van der Waals surface area contributed by atoms with E-state index >= 15 is 0 Å². The van der Waals surface area contributed by atoms with Gasteiger partial charge >= 0.3 is 0 Å². The van der Waals surface area contributed by atoms with Crippen LogP contribution in [0.1, 0.15) is 25.7 Å². The quantitative estimate of drug-likeness (QED) is 0.777. The third-order valence-electron chi connectivity index (χ3n) is 2.93. The van der Waals surface area contributed by atoms with Crippen molar-refractivity contribution in [3.05, 3.63) is 24.0 Å². The van der Waals surface area contributed by atoms with Crippen molar-refractivity contribution in [1.82, 2.24) is 0 Å². The Bertz CT molecular complexity index is 334. The second kappa shape index (κ2) is 4.51. The fourth-order valence-electron chi connectivity index (χ4n) is 1.99. The van der Waals surface area contributed by atoms with Gasteiger partial charge in [-0.1, -0.05) is 12.8 Å². The number of nitrogen functional groups attached to an aromatic ring is 1. The van der Waals surface area contributed by atoms with Crippen molar-refractivity contribution >= 4 is 5.69 Å². The Morgan fingerprint density at radius 2 is 2.07 bits per heavy atom. The van der Waals surface area contributed by atoms with Gasteiger partial charge in [0.2, 0.25) is 0 Å². The number of ether oxygens (including phenoxy) is 1. The highest BCUT2D eigenvalue weighted by Crippen LogP contribution is 2.26. The van der Waals surface area contributed by atoms with Crippen LogP contribution in [0.25, 0.3) is 0 Å². The number of halogens is 1. The Balaban J connectivity index is 1.90. The lowest BCUT2D eigenvalue weighted by Crippen LogP contribution is -2.08. The maximum Gasteiger partial charge on any atom is 0.149 e. The minimum absolute atomic E-state index is 0.170. The lowest BCUT2D eigenvalue weighted by atomic mass is 10.1. The van der Waals surface area contributed by atoms with E-state index in [9.17, 15) is 4.39 Å². The summed E-state index contributed by atoms with van der Waals surface area (Å²) in [6.45, 7) is 0.698. The molecule has 0 amide bonds. The van der Waals surface area contributed by atoms with Gasteiger partial charge in [0.05, 0.1) is 12.3 Å². The Labute approximate surface area is 89.2 Å². The van der Waals surface area contributed by atoms with E-state index < -0.39 is 5.82 Å². The molecule has 0 radical (unpaired) electrons. The topological polar surface area (TPSA) is 35.2 Å². The molecule has 3 heteroatoms. The van der Waals surface area contributed by atoms with Crippen LogP contribution >= 0.6 is 0 Å². The Hall–Kier alpha value is -1.25. The van der Waals surface area contributed by atoms with E-state index in [0.717, 1.165) is 0 Å². The first-order valence-corrected chi connectivity index (χ1v) is 5.43. The van der Waals surface area contributed by atoms with Crippen molar-refractivity contribution in [2.45, 2.75) is 25.7 Å². The van der Waals surface area contributed by atoms with Crippen LogP contribution in [0.15, 0.2) is 18.2 Å². The van der Waals surface area contributed by atoms with Crippen molar-refractivity contribution < 1.29 is 9.13 Å². The zero-order valence-electron chi connectivity index (χ0n) is 8.71. The van der Waals surface area contributed by atoms with Crippen LogP contribution in [0.3, 0.4) is 0 Å². The molecule has 0 bridgehead atoms. The molecule has 82 valence electrons. The van der Waals surface area contributed by atoms with Gasteiger partial charge < -0.3 is 10.5 Å². The van der Waals surface area contributed by atoms with Crippen molar-refractivity contribution in [3.8, 4) is 5.75 Å². The van der Waals surface area contributed by atoms with E-state index in [-0.39, 0.29) is 5.69 Å². The first-order valence-electron chi connectivity index (χ1n) is 5.43. The predicted molar refractivity (Wildman–Crippen MR) is 58.3 cm³/mol. The van der Waals surface area contributed by atoms with Gasteiger partial charge in [-0.05, 0) is 30.9 Å². The Kier molecular flexibility index (Phi) is 3.09. The lowest BCUT2D eigenvalue weighted by molar-refractivity contribution is 0.251. The minimum atomic E-state index is -0.404. The summed E-state index contributed by atoms with van der Waals surface area (Å²) in [5.74, 6) is 0.818. The van der Waals surface area contributed by atoms with Gasteiger partial charge in [0.15, 0.2) is 0 Å². The Morgan fingerprint density at radius 1 is 1.33 bits per heavy atom. The molecule has 0 unspecified atom stereocenters. The van der Waals surface area contributed by atoms with Crippen molar-refractivity contribution in [1.29, 1.82) is 0 Å². The maximum absolute atomic E-state index is 13.1. The van der Waals surface area contributed by atoms with Crippen LogP contribution in [0.4, 0.5) is 10.1 Å². The van der Waals surface area contributed by atoms with Crippen molar-refractivity contribution in [2.75, 3.05) is 12.3 Å². The Morgan fingerprint density at radius 3 is 2.73 bits per heavy atom. The molecule has 15 heavy (non-hydrogen) atoms. The molecule has 0 heterocycles. The predicted octanol–water partition coefficient (Wildman–Crippen LogP) is 2.98. The van der Waals surface area contributed by atoms with Crippen molar-refractivity contribution in [2.24, 2.45) is 5.92 Å². The highest BCUT2D eigenvalue weighted by atomic mass is 19.1. The largest absolute Gasteiger partial charge is 0.493 e. The summed E-state index contributed by atoms with van der Waals surface area (Å²) in [5.41, 5.74) is 5.55. The average molecular weight is 209 g/mol. The van der Waals surface area contributed by atoms with Crippen molar-refractivity contribution in [3.63, 3.8) is 0 Å². The third kappa shape index (κ3) is 2.61. The second-order valence-electron chi connectivity index (χ2n) is 4.14. The molecule has 1 saturated carbocycles. The third-order valence-corrected chi connectivity index (χ3v) is 2.93. The molecule has 1 aromatic carbocycles. The average Bonchev–Trinajstić information content (AvgIpc) is 2.73. The number of hydrogen-bond acceptors (Lipinski definition) is 2. The monoisotopic (exact) mass is 209 g/mol. The lowest BCUT2D eigenvalue weighted by Gasteiger charge is -2.11. The van der Waals surface area contributed by atoms with E-state index in [1.807, 2.05) is 0 Å². The highest BCUT2D eigenvalue weighted by Gasteiger charge is 2.15. The maximum atomic E-state index is 13.1. The van der Waals surface area contributed by atoms with Gasteiger partial charge in [-0.2, -0.15) is 0 Å². The normalized spacial score (nSPS) is 16.9. The van der Waals surface area contributed by atoms with Gasteiger partial charge in [0.1, 0.15) is 11.6 Å². The second-order valence-corrected chi connectivity index (χ2v) is 4.14. The SMILES string of the molecule is Nc1ccc(OCC2CCCC2)cc1F. The molecular formula is C12H16FNO. The standard InChI is InChI=1S/C12H16FNO/c13-11-7-10(5-6-12(11)14)15-8-9-3-1-2-4-9/h5-7,9H,1-4,8,14H2. The summed E-state index contributed by atoms with van der Waals surface area (Å²) < 4.78 is 18.6. The molecule has 0 atom stereocenters. The number of anilines is 1. The summed E-state index contributed by atoms with van der Waals surface area (Å²) >= 11 is 0. The summed E-state index contributed by atoms with van der Waals surface area (Å²) in [7, 11) is 0. The zero-order valence-corrected chi connectivity index (χ0v) is 8.71. The molecule has 0 aliphatic heterocycles. The molecular weight excluding hydrogens is 193 g/mol. The summed E-state index contributed by atoms with van der Waals surface area (Å²) in [6, 6.07) is 4.61. The molecule has 0 saturated heterocycles. The molecule has 0 spiro atoms. The minimum Gasteiger partial charge on any atom is -0.493 e. The van der Waals surface area contributed by atoms with E-state index in [1.165, 1.54) is 31.7 Å². The molecule has 1 fully saturated rings. The van der Waals surface area contributed by atoms with Crippen LogP contribution in [0.2, 0.25) is 0 Å².